The summed E-state index contributed by atoms with van der Waals surface area (Å²) in [4.78, 5) is 15.8. The van der Waals surface area contributed by atoms with Gasteiger partial charge in [-0.05, 0) is 18.4 Å². The molecule has 2 rings (SSSR count). The van der Waals surface area contributed by atoms with Gasteiger partial charge in [-0.15, -0.1) is 11.8 Å². The maximum absolute atomic E-state index is 11.3. The molecule has 6 nitrogen and oxygen atoms in total. The van der Waals surface area contributed by atoms with Crippen LogP contribution in [0.4, 0.5) is 5.69 Å². The molecular formula is C11H11N3O3S. The number of aromatic nitrogens is 2. The number of rotatable bonds is 5. The molecule has 18 heavy (non-hydrogen) atoms. The van der Waals surface area contributed by atoms with Crippen LogP contribution in [0.3, 0.4) is 0 Å². The molecule has 0 saturated heterocycles. The van der Waals surface area contributed by atoms with Crippen molar-refractivity contribution in [2.75, 3.05) is 11.6 Å². The summed E-state index contributed by atoms with van der Waals surface area (Å²) < 4.78 is 4.60. The quantitative estimate of drug-likeness (QED) is 0.800. The number of nitrogens with zero attached hydrogens (tertiary/aromatic N) is 2. The minimum Gasteiger partial charge on any atom is -0.478 e. The van der Waals surface area contributed by atoms with E-state index in [2.05, 4.69) is 20.0 Å². The van der Waals surface area contributed by atoms with Crippen molar-refractivity contribution in [3.05, 3.63) is 36.0 Å². The zero-order valence-corrected chi connectivity index (χ0v) is 10.4. The van der Waals surface area contributed by atoms with Gasteiger partial charge in [0.15, 0.2) is 5.82 Å². The highest BCUT2D eigenvalue weighted by Crippen LogP contribution is 2.27. The largest absolute Gasteiger partial charge is 0.478 e. The third-order valence-electron chi connectivity index (χ3n) is 2.30. The van der Waals surface area contributed by atoms with Crippen molar-refractivity contribution in [1.29, 1.82) is 0 Å². The van der Waals surface area contributed by atoms with Gasteiger partial charge in [0.2, 0.25) is 6.39 Å². The zero-order valence-electron chi connectivity index (χ0n) is 9.58. The Morgan fingerprint density at radius 1 is 1.56 bits per heavy atom. The Balaban J connectivity index is 2.24. The third kappa shape index (κ3) is 2.62. The molecule has 0 unspecified atom stereocenters. The molecule has 0 aliphatic heterocycles. The number of thioether (sulfide) groups is 1. The van der Waals surface area contributed by atoms with Gasteiger partial charge in [-0.3, -0.25) is 0 Å². The molecule has 94 valence electrons. The van der Waals surface area contributed by atoms with E-state index in [1.807, 2.05) is 6.26 Å². The van der Waals surface area contributed by atoms with Gasteiger partial charge in [-0.25, -0.2) is 4.79 Å². The van der Waals surface area contributed by atoms with E-state index in [-0.39, 0.29) is 5.56 Å². The Morgan fingerprint density at radius 2 is 2.39 bits per heavy atom. The minimum absolute atomic E-state index is 0.258. The smallest absolute Gasteiger partial charge is 0.338 e. The van der Waals surface area contributed by atoms with Gasteiger partial charge >= 0.3 is 5.97 Å². The van der Waals surface area contributed by atoms with Gasteiger partial charge < -0.3 is 14.9 Å². The molecule has 1 heterocycles. The van der Waals surface area contributed by atoms with Gasteiger partial charge in [0.1, 0.15) is 0 Å². The molecule has 0 aliphatic carbocycles. The second-order valence-corrected chi connectivity index (χ2v) is 4.24. The second-order valence-electron chi connectivity index (χ2n) is 3.39. The summed E-state index contributed by atoms with van der Waals surface area (Å²) in [6.45, 7) is 0.314. The van der Waals surface area contributed by atoms with Crippen LogP contribution in [-0.4, -0.2) is 27.5 Å². The van der Waals surface area contributed by atoms with Crippen molar-refractivity contribution in [1.82, 2.24) is 10.1 Å². The topological polar surface area (TPSA) is 88.3 Å². The summed E-state index contributed by atoms with van der Waals surface area (Å²) in [5.74, 6) is -0.489. The van der Waals surface area contributed by atoms with Crippen LogP contribution in [-0.2, 0) is 6.54 Å². The maximum atomic E-state index is 11.3. The van der Waals surface area contributed by atoms with Crippen LogP contribution >= 0.6 is 11.8 Å². The lowest BCUT2D eigenvalue weighted by Gasteiger charge is -2.10. The van der Waals surface area contributed by atoms with Crippen LogP contribution in [0.5, 0.6) is 0 Å². The van der Waals surface area contributed by atoms with Crippen LogP contribution in [0.1, 0.15) is 16.2 Å². The van der Waals surface area contributed by atoms with Crippen LogP contribution in [0, 0.1) is 0 Å². The van der Waals surface area contributed by atoms with E-state index >= 15 is 0 Å². The molecule has 1 aromatic heterocycles. The molecule has 0 aliphatic rings. The summed E-state index contributed by atoms with van der Waals surface area (Å²) in [5.41, 5.74) is 0.799. The number of carbonyl (C=O) groups is 1. The standard InChI is InChI=1S/C11H11N3O3S/c1-18-8-4-2-3-7(10(8)11(15)16)12-5-9-13-6-17-14-9/h2-4,6,12H,5H2,1H3,(H,15,16). The van der Waals surface area contributed by atoms with Crippen molar-refractivity contribution in [2.24, 2.45) is 0 Å². The van der Waals surface area contributed by atoms with E-state index in [1.54, 1.807) is 18.2 Å². The minimum atomic E-state index is -0.962. The second kappa shape index (κ2) is 5.54. The summed E-state index contributed by atoms with van der Waals surface area (Å²) in [6.07, 6.45) is 3.07. The lowest BCUT2D eigenvalue weighted by Crippen LogP contribution is -2.08. The van der Waals surface area contributed by atoms with E-state index in [0.29, 0.717) is 23.0 Å². The molecular weight excluding hydrogens is 254 g/mol. The first-order valence-electron chi connectivity index (χ1n) is 5.11. The summed E-state index contributed by atoms with van der Waals surface area (Å²) >= 11 is 1.39. The number of hydrogen-bond donors (Lipinski definition) is 2. The molecule has 0 radical (unpaired) electrons. The molecule has 0 spiro atoms. The normalized spacial score (nSPS) is 10.3. The van der Waals surface area contributed by atoms with Crippen molar-refractivity contribution in [3.8, 4) is 0 Å². The van der Waals surface area contributed by atoms with Crippen molar-refractivity contribution in [3.63, 3.8) is 0 Å². The Labute approximate surface area is 107 Å². The van der Waals surface area contributed by atoms with Gasteiger partial charge in [0.25, 0.3) is 0 Å². The average Bonchev–Trinajstić information content (AvgIpc) is 2.88. The molecule has 1 aromatic carbocycles. The molecule has 7 heteroatoms. The molecule has 0 saturated carbocycles. The van der Waals surface area contributed by atoms with E-state index in [0.717, 1.165) is 0 Å². The van der Waals surface area contributed by atoms with Crippen molar-refractivity contribution >= 4 is 23.4 Å². The number of carboxylic acids is 1. The number of nitrogens with one attached hydrogen (secondary N) is 1. The lowest BCUT2D eigenvalue weighted by atomic mass is 10.2. The molecule has 0 atom stereocenters. The van der Waals surface area contributed by atoms with Crippen LogP contribution < -0.4 is 5.32 Å². The predicted molar refractivity (Wildman–Crippen MR) is 66.8 cm³/mol. The first-order valence-corrected chi connectivity index (χ1v) is 6.34. The Morgan fingerprint density at radius 3 is 3.00 bits per heavy atom. The van der Waals surface area contributed by atoms with Crippen LogP contribution in [0.15, 0.2) is 34.0 Å². The fourth-order valence-corrected chi connectivity index (χ4v) is 2.13. The number of anilines is 1. The van der Waals surface area contributed by atoms with E-state index in [1.165, 1.54) is 18.2 Å². The first-order chi connectivity index (χ1) is 8.72. The van der Waals surface area contributed by atoms with Crippen molar-refractivity contribution < 1.29 is 14.4 Å². The molecule has 0 fully saturated rings. The highest BCUT2D eigenvalue weighted by molar-refractivity contribution is 7.98. The van der Waals surface area contributed by atoms with Crippen molar-refractivity contribution in [2.45, 2.75) is 11.4 Å². The Hall–Kier alpha value is -2.02. The van der Waals surface area contributed by atoms with Crippen LogP contribution in [0.25, 0.3) is 0 Å². The fourth-order valence-electron chi connectivity index (χ4n) is 1.51. The van der Waals surface area contributed by atoms with Gasteiger partial charge in [-0.1, -0.05) is 11.2 Å². The first kappa shape index (κ1) is 12.4. The number of benzene rings is 1. The molecule has 2 aromatic rings. The zero-order chi connectivity index (χ0) is 13.0. The van der Waals surface area contributed by atoms with Gasteiger partial charge in [0, 0.05) is 4.90 Å². The fraction of sp³-hybridized carbons (Fsp3) is 0.182. The van der Waals surface area contributed by atoms with E-state index < -0.39 is 5.97 Å². The molecule has 0 amide bonds. The Bertz CT molecular complexity index is 542. The number of carboxylic acid groups (broad SMARTS) is 1. The monoisotopic (exact) mass is 265 g/mol. The summed E-state index contributed by atoms with van der Waals surface area (Å²) in [5, 5.41) is 15.9. The molecule has 0 bridgehead atoms. The predicted octanol–water partition coefficient (Wildman–Crippen LogP) is 2.10. The Kier molecular flexibility index (Phi) is 3.83. The van der Waals surface area contributed by atoms with E-state index in [9.17, 15) is 9.90 Å². The van der Waals surface area contributed by atoms with Gasteiger partial charge in [0.05, 0.1) is 17.8 Å². The highest BCUT2D eigenvalue weighted by Gasteiger charge is 2.15. The third-order valence-corrected chi connectivity index (χ3v) is 3.08. The molecule has 2 N–H and O–H groups in total. The highest BCUT2D eigenvalue weighted by atomic mass is 32.2. The maximum Gasteiger partial charge on any atom is 0.338 e. The van der Waals surface area contributed by atoms with Crippen LogP contribution in [0.2, 0.25) is 0 Å². The number of hydrogen-bond acceptors (Lipinski definition) is 6. The van der Waals surface area contributed by atoms with E-state index in [4.69, 9.17) is 0 Å². The summed E-state index contributed by atoms with van der Waals surface area (Å²) in [6, 6.07) is 5.29. The number of aromatic carboxylic acids is 1. The average molecular weight is 265 g/mol. The summed E-state index contributed by atoms with van der Waals surface area (Å²) in [7, 11) is 0. The lowest BCUT2D eigenvalue weighted by molar-refractivity contribution is 0.0694. The SMILES string of the molecule is CSc1cccc(NCc2ncon2)c1C(=O)O. The van der Waals surface area contributed by atoms with Gasteiger partial charge in [-0.2, -0.15) is 4.98 Å².